The number of benzene rings is 2. The van der Waals surface area contributed by atoms with Gasteiger partial charge in [-0.3, -0.25) is 24.7 Å². The van der Waals surface area contributed by atoms with E-state index in [9.17, 15) is 36.6 Å². The van der Waals surface area contributed by atoms with Gasteiger partial charge in [-0.1, -0.05) is 48.0 Å². The first-order valence-electron chi connectivity index (χ1n) is 13.6. The van der Waals surface area contributed by atoms with Crippen LogP contribution in [0.4, 0.5) is 33.5 Å². The standard InChI is InChI=1S/C30H28ClF5N4O3/c1-17-6-4-7-19(14-17)39(26(20-8-2-3-9-21(20)31)27(42)37-18-15-29(32,33)16-18)28(43)22-12-13-25(41)40(22)24-11-5-10-23(38-24)30(34,35)36/h2-11,14,18,22,26-27,37,42H,12-13,15-16H2,1H3/t22-,26-,27?/m0/s1. The number of rotatable bonds is 8. The highest BCUT2D eigenvalue weighted by Gasteiger charge is 2.48. The minimum atomic E-state index is -4.78. The lowest BCUT2D eigenvalue weighted by Crippen LogP contribution is -2.57. The maximum absolute atomic E-state index is 14.6. The molecule has 5 rings (SSSR count). The van der Waals surface area contributed by atoms with Crippen LogP contribution < -0.4 is 15.1 Å². The molecule has 2 amide bonds. The zero-order valence-electron chi connectivity index (χ0n) is 22.9. The molecule has 1 saturated heterocycles. The summed E-state index contributed by atoms with van der Waals surface area (Å²) in [6, 6.07) is 12.9. The van der Waals surface area contributed by atoms with E-state index in [2.05, 4.69) is 10.3 Å². The summed E-state index contributed by atoms with van der Waals surface area (Å²) in [6.45, 7) is 1.78. The van der Waals surface area contributed by atoms with Crippen LogP contribution in [0.3, 0.4) is 0 Å². The molecule has 2 aliphatic rings. The number of amides is 2. The summed E-state index contributed by atoms with van der Waals surface area (Å²) in [7, 11) is 0. The van der Waals surface area contributed by atoms with E-state index in [4.69, 9.17) is 11.6 Å². The van der Waals surface area contributed by atoms with Crippen LogP contribution in [0.2, 0.25) is 5.02 Å². The van der Waals surface area contributed by atoms with Gasteiger partial charge < -0.3 is 5.11 Å². The summed E-state index contributed by atoms with van der Waals surface area (Å²) in [5.74, 6) is -4.55. The summed E-state index contributed by atoms with van der Waals surface area (Å²) in [6.07, 6.45) is -7.57. The Hall–Kier alpha value is -3.61. The van der Waals surface area contributed by atoms with E-state index in [1.165, 1.54) is 11.0 Å². The van der Waals surface area contributed by atoms with Crippen molar-refractivity contribution in [2.75, 3.05) is 9.80 Å². The van der Waals surface area contributed by atoms with Crippen molar-refractivity contribution in [1.29, 1.82) is 0 Å². The lowest BCUT2D eigenvalue weighted by Gasteiger charge is -2.42. The predicted octanol–water partition coefficient (Wildman–Crippen LogP) is 6.04. The first kappa shape index (κ1) is 30.8. The smallest absolute Gasteiger partial charge is 0.376 e. The Morgan fingerprint density at radius 2 is 1.81 bits per heavy atom. The molecule has 1 unspecified atom stereocenters. The fourth-order valence-electron chi connectivity index (χ4n) is 5.56. The Kier molecular flexibility index (Phi) is 8.47. The Bertz CT molecular complexity index is 1510. The molecule has 0 radical (unpaired) electrons. The Labute approximate surface area is 249 Å². The third-order valence-corrected chi connectivity index (χ3v) is 7.93. The van der Waals surface area contributed by atoms with Gasteiger partial charge in [-0.15, -0.1) is 0 Å². The quantitative estimate of drug-likeness (QED) is 0.236. The van der Waals surface area contributed by atoms with Crippen LogP contribution in [0, 0.1) is 6.92 Å². The van der Waals surface area contributed by atoms with Crippen molar-refractivity contribution in [1.82, 2.24) is 10.3 Å². The number of halogens is 6. The minimum Gasteiger partial charge on any atom is -0.376 e. The van der Waals surface area contributed by atoms with E-state index in [1.807, 2.05) is 0 Å². The second-order valence-corrected chi connectivity index (χ2v) is 11.2. The number of alkyl halides is 5. The van der Waals surface area contributed by atoms with Gasteiger partial charge in [0.15, 0.2) is 0 Å². The van der Waals surface area contributed by atoms with Crippen molar-refractivity contribution < 1.29 is 36.6 Å². The molecule has 1 aliphatic carbocycles. The number of carbonyl (C=O) groups excluding carboxylic acids is 2. The molecule has 2 aromatic carbocycles. The number of hydrogen-bond acceptors (Lipinski definition) is 5. The largest absolute Gasteiger partial charge is 0.433 e. The number of pyridine rings is 1. The lowest BCUT2D eigenvalue weighted by atomic mass is 9.87. The van der Waals surface area contributed by atoms with Gasteiger partial charge in [-0.25, -0.2) is 13.8 Å². The molecule has 13 heteroatoms. The highest BCUT2D eigenvalue weighted by Crippen LogP contribution is 2.41. The van der Waals surface area contributed by atoms with E-state index >= 15 is 0 Å². The monoisotopic (exact) mass is 622 g/mol. The van der Waals surface area contributed by atoms with Crippen LogP contribution in [0.25, 0.3) is 0 Å². The molecule has 0 spiro atoms. The van der Waals surface area contributed by atoms with Crippen LogP contribution in [-0.4, -0.2) is 46.1 Å². The molecule has 2 N–H and O–H groups in total. The summed E-state index contributed by atoms with van der Waals surface area (Å²) < 4.78 is 67.7. The first-order valence-corrected chi connectivity index (χ1v) is 14.0. The fraction of sp³-hybridized carbons (Fsp3) is 0.367. The maximum atomic E-state index is 14.6. The molecule has 228 valence electrons. The Morgan fingerprint density at radius 3 is 2.47 bits per heavy atom. The van der Waals surface area contributed by atoms with Crippen molar-refractivity contribution in [2.45, 2.75) is 69.1 Å². The zero-order valence-corrected chi connectivity index (χ0v) is 23.6. The number of hydrogen-bond donors (Lipinski definition) is 2. The second kappa shape index (κ2) is 11.8. The fourth-order valence-corrected chi connectivity index (χ4v) is 5.81. The molecule has 2 fully saturated rings. The highest BCUT2D eigenvalue weighted by molar-refractivity contribution is 6.31. The van der Waals surface area contributed by atoms with Crippen molar-refractivity contribution in [3.63, 3.8) is 0 Å². The predicted molar refractivity (Wildman–Crippen MR) is 150 cm³/mol. The van der Waals surface area contributed by atoms with Gasteiger partial charge >= 0.3 is 6.18 Å². The molecule has 7 nitrogen and oxygen atoms in total. The van der Waals surface area contributed by atoms with Crippen molar-refractivity contribution in [3.05, 3.63) is 88.6 Å². The average Bonchev–Trinajstić information content (AvgIpc) is 3.31. The van der Waals surface area contributed by atoms with Gasteiger partial charge in [-0.2, -0.15) is 13.2 Å². The number of aryl methyl sites for hydroxylation is 1. The molecular weight excluding hydrogens is 595 g/mol. The number of nitrogens with zero attached hydrogens (tertiary/aromatic N) is 3. The summed E-state index contributed by atoms with van der Waals surface area (Å²) in [5.41, 5.74) is 0.106. The summed E-state index contributed by atoms with van der Waals surface area (Å²) >= 11 is 6.55. The zero-order chi connectivity index (χ0) is 31.1. The normalized spacial score (nSPS) is 20.0. The van der Waals surface area contributed by atoms with Crippen molar-refractivity contribution in [2.24, 2.45) is 0 Å². The minimum absolute atomic E-state index is 0.0362. The number of aliphatic hydroxyl groups excluding tert-OH is 1. The van der Waals surface area contributed by atoms with Crippen molar-refractivity contribution >= 4 is 34.9 Å². The van der Waals surface area contributed by atoms with E-state index in [0.29, 0.717) is 5.69 Å². The molecular formula is C30H28ClF5N4O3. The first-order chi connectivity index (χ1) is 20.2. The van der Waals surface area contributed by atoms with Crippen LogP contribution in [0.1, 0.15) is 48.5 Å². The second-order valence-electron chi connectivity index (χ2n) is 10.8. The number of nitrogens with one attached hydrogen (secondary N) is 1. The van der Waals surface area contributed by atoms with Crippen LogP contribution in [-0.2, 0) is 15.8 Å². The van der Waals surface area contributed by atoms with E-state index in [0.717, 1.165) is 22.6 Å². The summed E-state index contributed by atoms with van der Waals surface area (Å²) in [4.78, 5) is 33.4. The van der Waals surface area contributed by atoms with Gasteiger partial charge in [0.1, 0.15) is 29.8 Å². The number of aliphatic hydroxyl groups is 1. The number of anilines is 2. The SMILES string of the molecule is Cc1cccc(N(C(=O)[C@@H]2CCC(=O)N2c2cccc(C(F)(F)F)n2)[C@@H](c2ccccc2Cl)C(O)NC2CC(F)(F)C2)c1. The molecule has 1 aromatic heterocycles. The Balaban J connectivity index is 1.60. The number of carbonyl (C=O) groups is 2. The van der Waals surface area contributed by atoms with Gasteiger partial charge in [0.05, 0.1) is 0 Å². The summed E-state index contributed by atoms with van der Waals surface area (Å²) in [5, 5.41) is 14.5. The van der Waals surface area contributed by atoms with Gasteiger partial charge in [-0.05, 0) is 54.8 Å². The topological polar surface area (TPSA) is 85.8 Å². The molecule has 3 aromatic rings. The average molecular weight is 623 g/mol. The Morgan fingerprint density at radius 1 is 1.12 bits per heavy atom. The van der Waals surface area contributed by atoms with E-state index in [-0.39, 0.29) is 29.2 Å². The molecule has 43 heavy (non-hydrogen) atoms. The van der Waals surface area contributed by atoms with Crippen LogP contribution >= 0.6 is 11.6 Å². The van der Waals surface area contributed by atoms with Gasteiger partial charge in [0, 0.05) is 36.0 Å². The van der Waals surface area contributed by atoms with E-state index < -0.39 is 66.8 Å². The molecule has 0 bridgehead atoms. The molecule has 1 saturated carbocycles. The third kappa shape index (κ3) is 6.51. The molecule has 1 aliphatic heterocycles. The van der Waals surface area contributed by atoms with Crippen LogP contribution in [0.15, 0.2) is 66.7 Å². The van der Waals surface area contributed by atoms with Crippen molar-refractivity contribution in [3.8, 4) is 0 Å². The van der Waals surface area contributed by atoms with E-state index in [1.54, 1.807) is 55.5 Å². The van der Waals surface area contributed by atoms with Gasteiger partial charge in [0.25, 0.3) is 11.8 Å². The maximum Gasteiger partial charge on any atom is 0.433 e. The van der Waals surface area contributed by atoms with Crippen LogP contribution in [0.5, 0.6) is 0 Å². The lowest BCUT2D eigenvalue weighted by molar-refractivity contribution is -0.141. The molecule has 3 atom stereocenters. The van der Waals surface area contributed by atoms with Gasteiger partial charge in [0.2, 0.25) is 5.91 Å². The third-order valence-electron chi connectivity index (χ3n) is 7.58. The number of aromatic nitrogens is 1. The molecule has 2 heterocycles. The highest BCUT2D eigenvalue weighted by atomic mass is 35.5.